The Balaban J connectivity index is 1.87. The van der Waals surface area contributed by atoms with E-state index < -0.39 is 0 Å². The van der Waals surface area contributed by atoms with E-state index >= 15 is 0 Å². The zero-order chi connectivity index (χ0) is 14.8. The molecule has 0 amide bonds. The van der Waals surface area contributed by atoms with Crippen LogP contribution in [-0.2, 0) is 12.8 Å². The lowest BCUT2D eigenvalue weighted by Crippen LogP contribution is -2.17. The van der Waals surface area contributed by atoms with Crippen molar-refractivity contribution in [3.63, 3.8) is 0 Å². The highest BCUT2D eigenvalue weighted by atomic mass is 32.1. The van der Waals surface area contributed by atoms with Gasteiger partial charge >= 0.3 is 0 Å². The number of hydrogen-bond donors (Lipinski definition) is 1. The summed E-state index contributed by atoms with van der Waals surface area (Å²) in [6, 6.07) is 0. The van der Waals surface area contributed by atoms with Crippen LogP contribution in [0.3, 0.4) is 0 Å². The van der Waals surface area contributed by atoms with Gasteiger partial charge in [0.1, 0.15) is 16.5 Å². The van der Waals surface area contributed by atoms with E-state index in [4.69, 9.17) is 0 Å². The minimum atomic E-state index is 0.871. The van der Waals surface area contributed by atoms with E-state index in [-0.39, 0.29) is 0 Å². The number of aromatic nitrogens is 2. The van der Waals surface area contributed by atoms with Gasteiger partial charge in [-0.1, -0.05) is 0 Å². The summed E-state index contributed by atoms with van der Waals surface area (Å²) in [5, 5.41) is 4.85. The molecule has 21 heavy (non-hydrogen) atoms. The Bertz CT molecular complexity index is 633. The van der Waals surface area contributed by atoms with Crippen LogP contribution in [0.2, 0.25) is 0 Å². The second-order valence-electron chi connectivity index (χ2n) is 6.09. The van der Waals surface area contributed by atoms with Crippen molar-refractivity contribution in [2.24, 2.45) is 0 Å². The van der Waals surface area contributed by atoms with E-state index in [9.17, 15) is 0 Å². The van der Waals surface area contributed by atoms with Crippen molar-refractivity contribution in [1.29, 1.82) is 0 Å². The Morgan fingerprint density at radius 2 is 2.00 bits per heavy atom. The molecule has 0 fully saturated rings. The molecule has 4 nitrogen and oxygen atoms in total. The highest BCUT2D eigenvalue weighted by Gasteiger charge is 2.20. The molecular weight excluding hydrogens is 280 g/mol. The first kappa shape index (κ1) is 14.7. The summed E-state index contributed by atoms with van der Waals surface area (Å²) in [6.07, 6.45) is 6.15. The van der Waals surface area contributed by atoms with Gasteiger partial charge in [-0.2, -0.15) is 0 Å². The van der Waals surface area contributed by atoms with E-state index in [1.807, 2.05) is 18.3 Å². The molecule has 114 valence electrons. The molecule has 0 unspecified atom stereocenters. The lowest BCUT2D eigenvalue weighted by molar-refractivity contribution is 0.405. The fraction of sp³-hybridized carbons (Fsp3) is 0.625. The Kier molecular flexibility index (Phi) is 4.40. The molecule has 2 aromatic heterocycles. The molecule has 0 aliphatic heterocycles. The molecule has 2 heterocycles. The Labute approximate surface area is 130 Å². The quantitative estimate of drug-likeness (QED) is 0.861. The number of hydrogen-bond acceptors (Lipinski definition) is 5. The van der Waals surface area contributed by atoms with Crippen molar-refractivity contribution in [3.05, 3.63) is 16.3 Å². The topological polar surface area (TPSA) is 41.1 Å². The van der Waals surface area contributed by atoms with Gasteiger partial charge in [-0.25, -0.2) is 9.97 Å². The summed E-state index contributed by atoms with van der Waals surface area (Å²) in [7, 11) is 4.23. The molecule has 0 spiro atoms. The van der Waals surface area contributed by atoms with Crippen LogP contribution in [0, 0.1) is 6.92 Å². The number of nitrogens with zero attached hydrogens (tertiary/aromatic N) is 3. The number of nitrogens with one attached hydrogen (secondary N) is 1. The monoisotopic (exact) mass is 304 g/mol. The van der Waals surface area contributed by atoms with Crippen LogP contribution in [0.1, 0.15) is 35.5 Å². The van der Waals surface area contributed by atoms with Crippen molar-refractivity contribution in [2.75, 3.05) is 32.5 Å². The van der Waals surface area contributed by atoms with Crippen molar-refractivity contribution in [1.82, 2.24) is 14.9 Å². The first-order valence-corrected chi connectivity index (χ1v) is 8.64. The zero-order valence-electron chi connectivity index (χ0n) is 13.2. The third kappa shape index (κ3) is 3.19. The van der Waals surface area contributed by atoms with E-state index in [1.54, 1.807) is 0 Å². The third-order valence-corrected chi connectivity index (χ3v) is 5.19. The molecule has 2 aromatic rings. The lowest BCUT2D eigenvalue weighted by atomic mass is 9.97. The van der Waals surface area contributed by atoms with Gasteiger partial charge in [0.2, 0.25) is 0 Å². The van der Waals surface area contributed by atoms with Gasteiger partial charge in [-0.05, 0) is 65.2 Å². The standard InChI is InChI=1S/C16H24N4S/c1-11-18-15(17-9-6-10-20(2)3)14-12-7-4-5-8-13(12)21-16(14)19-11/h4-10H2,1-3H3,(H,17,18,19). The molecule has 1 N–H and O–H groups in total. The maximum atomic E-state index is 4.67. The van der Waals surface area contributed by atoms with Gasteiger partial charge in [0.15, 0.2) is 0 Å². The Morgan fingerprint density at radius 1 is 1.19 bits per heavy atom. The number of rotatable bonds is 5. The number of anilines is 1. The Morgan fingerprint density at radius 3 is 2.81 bits per heavy atom. The SMILES string of the molecule is Cc1nc(NCCCN(C)C)c2c3c(sc2n1)CCCC3. The summed E-state index contributed by atoms with van der Waals surface area (Å²) >= 11 is 1.87. The summed E-state index contributed by atoms with van der Waals surface area (Å²) < 4.78 is 0. The Hall–Kier alpha value is -1.20. The van der Waals surface area contributed by atoms with Crippen LogP contribution >= 0.6 is 11.3 Å². The molecule has 0 radical (unpaired) electrons. The van der Waals surface area contributed by atoms with Crippen molar-refractivity contribution >= 4 is 27.4 Å². The third-order valence-electron chi connectivity index (χ3n) is 4.00. The van der Waals surface area contributed by atoms with Crippen LogP contribution in [0.5, 0.6) is 0 Å². The molecule has 0 saturated carbocycles. The van der Waals surface area contributed by atoms with Gasteiger partial charge in [0, 0.05) is 11.4 Å². The van der Waals surface area contributed by atoms with Crippen LogP contribution in [0.25, 0.3) is 10.2 Å². The molecule has 3 rings (SSSR count). The normalized spacial score (nSPS) is 14.7. The lowest BCUT2D eigenvalue weighted by Gasteiger charge is -2.14. The molecule has 0 atom stereocenters. The molecule has 0 bridgehead atoms. The molecular formula is C16H24N4S. The van der Waals surface area contributed by atoms with Crippen LogP contribution in [0.4, 0.5) is 5.82 Å². The van der Waals surface area contributed by atoms with E-state index in [2.05, 4.69) is 34.3 Å². The molecule has 5 heteroatoms. The second-order valence-corrected chi connectivity index (χ2v) is 7.18. The van der Waals surface area contributed by atoms with Crippen LogP contribution in [0.15, 0.2) is 0 Å². The zero-order valence-corrected chi connectivity index (χ0v) is 14.0. The van der Waals surface area contributed by atoms with Gasteiger partial charge in [-0.3, -0.25) is 0 Å². The first-order chi connectivity index (χ1) is 10.1. The van der Waals surface area contributed by atoms with Gasteiger partial charge in [-0.15, -0.1) is 11.3 Å². The highest BCUT2D eigenvalue weighted by molar-refractivity contribution is 7.19. The van der Waals surface area contributed by atoms with Crippen molar-refractivity contribution in [2.45, 2.75) is 39.0 Å². The van der Waals surface area contributed by atoms with Crippen molar-refractivity contribution < 1.29 is 0 Å². The molecule has 0 aromatic carbocycles. The number of fused-ring (bicyclic) bond motifs is 3. The second kappa shape index (κ2) is 6.28. The first-order valence-electron chi connectivity index (χ1n) is 7.82. The fourth-order valence-corrected chi connectivity index (χ4v) is 4.30. The predicted molar refractivity (Wildman–Crippen MR) is 90.5 cm³/mol. The molecule has 1 aliphatic carbocycles. The van der Waals surface area contributed by atoms with Gasteiger partial charge in [0.05, 0.1) is 5.39 Å². The van der Waals surface area contributed by atoms with E-state index in [0.29, 0.717) is 0 Å². The van der Waals surface area contributed by atoms with Gasteiger partial charge < -0.3 is 10.2 Å². The van der Waals surface area contributed by atoms with Gasteiger partial charge in [0.25, 0.3) is 0 Å². The van der Waals surface area contributed by atoms with Crippen LogP contribution < -0.4 is 5.32 Å². The molecule has 1 aliphatic rings. The summed E-state index contributed by atoms with van der Waals surface area (Å²) in [6.45, 7) is 4.06. The number of thiophene rings is 1. The van der Waals surface area contributed by atoms with Crippen molar-refractivity contribution in [3.8, 4) is 0 Å². The van der Waals surface area contributed by atoms with Crippen LogP contribution in [-0.4, -0.2) is 42.1 Å². The average Bonchev–Trinajstić information content (AvgIpc) is 2.81. The molecule has 0 saturated heterocycles. The highest BCUT2D eigenvalue weighted by Crippen LogP contribution is 2.38. The maximum absolute atomic E-state index is 4.67. The largest absolute Gasteiger partial charge is 0.369 e. The van der Waals surface area contributed by atoms with E-state index in [1.165, 1.54) is 46.3 Å². The summed E-state index contributed by atoms with van der Waals surface area (Å²) in [5.74, 6) is 1.92. The average molecular weight is 304 g/mol. The van der Waals surface area contributed by atoms with E-state index in [0.717, 1.165) is 31.2 Å². The smallest absolute Gasteiger partial charge is 0.138 e. The summed E-state index contributed by atoms with van der Waals surface area (Å²) in [4.78, 5) is 14.2. The maximum Gasteiger partial charge on any atom is 0.138 e. The predicted octanol–water partition coefficient (Wildman–Crippen LogP) is 3.24. The number of aryl methyl sites for hydroxylation is 3. The minimum Gasteiger partial charge on any atom is -0.369 e. The minimum absolute atomic E-state index is 0.871. The summed E-state index contributed by atoms with van der Waals surface area (Å²) in [5.41, 5.74) is 1.51. The fourth-order valence-electron chi connectivity index (χ4n) is 2.99.